The SMILES string of the molecule is CCn1cnnc1CNCc1ccc(C(=O)OC)o1. The Balaban J connectivity index is 1.86. The highest BCUT2D eigenvalue weighted by Gasteiger charge is 2.11. The molecular formula is C12H16N4O3. The zero-order valence-electron chi connectivity index (χ0n) is 10.9. The Morgan fingerprint density at radius 1 is 1.47 bits per heavy atom. The van der Waals surface area contributed by atoms with Crippen molar-refractivity contribution in [3.8, 4) is 0 Å². The number of nitrogens with zero attached hydrogens (tertiary/aromatic N) is 3. The summed E-state index contributed by atoms with van der Waals surface area (Å²) in [6.07, 6.45) is 1.69. The van der Waals surface area contributed by atoms with Gasteiger partial charge in [0.2, 0.25) is 5.76 Å². The minimum atomic E-state index is -0.475. The summed E-state index contributed by atoms with van der Waals surface area (Å²) in [5, 5.41) is 11.0. The molecule has 2 aromatic heterocycles. The van der Waals surface area contributed by atoms with Crippen molar-refractivity contribution >= 4 is 5.97 Å². The number of aromatic nitrogens is 3. The monoisotopic (exact) mass is 264 g/mol. The molecule has 0 amide bonds. The van der Waals surface area contributed by atoms with E-state index in [9.17, 15) is 4.79 Å². The van der Waals surface area contributed by atoms with E-state index in [1.807, 2.05) is 11.5 Å². The first kappa shape index (κ1) is 13.3. The van der Waals surface area contributed by atoms with Crippen molar-refractivity contribution in [2.24, 2.45) is 0 Å². The maximum Gasteiger partial charge on any atom is 0.373 e. The molecule has 0 aliphatic carbocycles. The van der Waals surface area contributed by atoms with Gasteiger partial charge in [-0.25, -0.2) is 4.79 Å². The van der Waals surface area contributed by atoms with Gasteiger partial charge in [0.1, 0.15) is 17.9 Å². The Hall–Kier alpha value is -2.15. The molecule has 19 heavy (non-hydrogen) atoms. The third-order valence-corrected chi connectivity index (χ3v) is 2.67. The van der Waals surface area contributed by atoms with E-state index in [2.05, 4.69) is 20.3 Å². The number of ether oxygens (including phenoxy) is 1. The van der Waals surface area contributed by atoms with Crippen molar-refractivity contribution in [2.75, 3.05) is 7.11 Å². The zero-order valence-corrected chi connectivity index (χ0v) is 10.9. The van der Waals surface area contributed by atoms with E-state index in [0.29, 0.717) is 18.8 Å². The van der Waals surface area contributed by atoms with E-state index >= 15 is 0 Å². The molecule has 0 saturated carbocycles. The minimum Gasteiger partial charge on any atom is -0.463 e. The fourth-order valence-electron chi connectivity index (χ4n) is 1.66. The van der Waals surface area contributed by atoms with E-state index < -0.39 is 5.97 Å². The molecular weight excluding hydrogens is 248 g/mol. The highest BCUT2D eigenvalue weighted by atomic mass is 16.5. The normalized spacial score (nSPS) is 10.6. The summed E-state index contributed by atoms with van der Waals surface area (Å²) < 4.78 is 11.9. The Kier molecular flexibility index (Phi) is 4.30. The first-order valence-electron chi connectivity index (χ1n) is 5.99. The van der Waals surface area contributed by atoms with Crippen molar-refractivity contribution in [1.29, 1.82) is 0 Å². The largest absolute Gasteiger partial charge is 0.463 e. The molecule has 2 aromatic rings. The third kappa shape index (κ3) is 3.19. The molecule has 0 aliphatic rings. The smallest absolute Gasteiger partial charge is 0.373 e. The lowest BCUT2D eigenvalue weighted by molar-refractivity contribution is 0.0563. The van der Waals surface area contributed by atoms with Crippen LogP contribution in [-0.2, 0) is 24.4 Å². The van der Waals surface area contributed by atoms with Crippen LogP contribution in [0.3, 0.4) is 0 Å². The van der Waals surface area contributed by atoms with Crippen molar-refractivity contribution in [3.05, 3.63) is 35.8 Å². The molecule has 7 heteroatoms. The fraction of sp³-hybridized carbons (Fsp3) is 0.417. The number of aryl methyl sites for hydroxylation is 1. The van der Waals surface area contributed by atoms with Gasteiger partial charge in [0, 0.05) is 6.54 Å². The maximum atomic E-state index is 11.2. The number of methoxy groups -OCH3 is 1. The van der Waals surface area contributed by atoms with Crippen LogP contribution in [0.5, 0.6) is 0 Å². The molecule has 0 atom stereocenters. The summed E-state index contributed by atoms with van der Waals surface area (Å²) in [4.78, 5) is 11.2. The molecule has 0 aliphatic heterocycles. The van der Waals surface area contributed by atoms with Gasteiger partial charge in [0.15, 0.2) is 0 Å². The Bertz CT molecular complexity index is 547. The highest BCUT2D eigenvalue weighted by molar-refractivity contribution is 5.86. The molecule has 1 N–H and O–H groups in total. The predicted octanol–water partition coefficient (Wildman–Crippen LogP) is 0.967. The maximum absolute atomic E-state index is 11.2. The van der Waals surface area contributed by atoms with E-state index in [1.165, 1.54) is 7.11 Å². The van der Waals surface area contributed by atoms with Crippen molar-refractivity contribution in [3.63, 3.8) is 0 Å². The molecule has 0 unspecified atom stereocenters. The van der Waals surface area contributed by atoms with Crippen molar-refractivity contribution in [2.45, 2.75) is 26.6 Å². The van der Waals surface area contributed by atoms with Gasteiger partial charge in [-0.2, -0.15) is 0 Å². The first-order chi connectivity index (χ1) is 9.24. The number of nitrogens with one attached hydrogen (secondary N) is 1. The molecule has 0 aromatic carbocycles. The summed E-state index contributed by atoms with van der Waals surface area (Å²) in [6, 6.07) is 3.33. The number of carbonyl (C=O) groups excluding carboxylic acids is 1. The topological polar surface area (TPSA) is 82.2 Å². The summed E-state index contributed by atoms with van der Waals surface area (Å²) in [7, 11) is 1.32. The van der Waals surface area contributed by atoms with E-state index in [1.54, 1.807) is 18.5 Å². The van der Waals surface area contributed by atoms with Crippen LogP contribution in [-0.4, -0.2) is 27.8 Å². The average molecular weight is 264 g/mol. The predicted molar refractivity (Wildman–Crippen MR) is 66.3 cm³/mol. The van der Waals surface area contributed by atoms with Gasteiger partial charge in [-0.1, -0.05) is 0 Å². The number of furan rings is 1. The lowest BCUT2D eigenvalue weighted by Crippen LogP contribution is -2.16. The van der Waals surface area contributed by atoms with E-state index in [0.717, 1.165) is 12.4 Å². The first-order valence-corrected chi connectivity index (χ1v) is 5.99. The van der Waals surface area contributed by atoms with Gasteiger partial charge in [-0.15, -0.1) is 10.2 Å². The Morgan fingerprint density at radius 2 is 2.32 bits per heavy atom. The van der Waals surface area contributed by atoms with E-state index in [4.69, 9.17) is 4.42 Å². The second-order valence-corrected chi connectivity index (χ2v) is 3.89. The molecule has 7 nitrogen and oxygen atoms in total. The lowest BCUT2D eigenvalue weighted by Gasteiger charge is -2.03. The molecule has 102 valence electrons. The summed E-state index contributed by atoms with van der Waals surface area (Å²) in [5.41, 5.74) is 0. The van der Waals surface area contributed by atoms with Crippen molar-refractivity contribution < 1.29 is 13.9 Å². The minimum absolute atomic E-state index is 0.205. The third-order valence-electron chi connectivity index (χ3n) is 2.67. The van der Waals surface area contributed by atoms with Gasteiger partial charge >= 0.3 is 5.97 Å². The fourth-order valence-corrected chi connectivity index (χ4v) is 1.66. The van der Waals surface area contributed by atoms with Crippen LogP contribution >= 0.6 is 0 Å². The molecule has 0 spiro atoms. The summed E-state index contributed by atoms with van der Waals surface area (Å²) in [6.45, 7) is 3.95. The molecule has 0 radical (unpaired) electrons. The zero-order chi connectivity index (χ0) is 13.7. The number of carbonyl (C=O) groups is 1. The molecule has 2 heterocycles. The number of hydrogen-bond donors (Lipinski definition) is 1. The lowest BCUT2D eigenvalue weighted by atomic mass is 10.4. The number of rotatable bonds is 6. The Labute approximate surface area is 110 Å². The average Bonchev–Trinajstić information content (AvgIpc) is 3.06. The van der Waals surface area contributed by atoms with Crippen LogP contribution in [0.15, 0.2) is 22.9 Å². The number of hydrogen-bond acceptors (Lipinski definition) is 6. The second kappa shape index (κ2) is 6.14. The van der Waals surface area contributed by atoms with E-state index in [-0.39, 0.29) is 5.76 Å². The van der Waals surface area contributed by atoms with Gasteiger partial charge < -0.3 is 19.0 Å². The molecule has 0 bridgehead atoms. The van der Waals surface area contributed by atoms with Gasteiger partial charge in [0.25, 0.3) is 0 Å². The van der Waals surface area contributed by atoms with Gasteiger partial charge in [0.05, 0.1) is 20.2 Å². The second-order valence-electron chi connectivity index (χ2n) is 3.89. The van der Waals surface area contributed by atoms with Crippen molar-refractivity contribution in [1.82, 2.24) is 20.1 Å². The number of esters is 1. The van der Waals surface area contributed by atoms with Gasteiger partial charge in [-0.05, 0) is 19.1 Å². The van der Waals surface area contributed by atoms with Crippen LogP contribution in [0.1, 0.15) is 29.1 Å². The van der Waals surface area contributed by atoms with Crippen LogP contribution in [0.25, 0.3) is 0 Å². The standard InChI is InChI=1S/C12H16N4O3/c1-3-16-8-14-15-11(16)7-13-6-9-4-5-10(19-9)12(17)18-2/h4-5,8,13H,3,6-7H2,1-2H3. The molecule has 0 saturated heterocycles. The quantitative estimate of drug-likeness (QED) is 0.783. The van der Waals surface area contributed by atoms with Crippen LogP contribution in [0.4, 0.5) is 0 Å². The Morgan fingerprint density at radius 3 is 3.05 bits per heavy atom. The summed E-state index contributed by atoms with van der Waals surface area (Å²) in [5.74, 6) is 1.26. The van der Waals surface area contributed by atoms with Gasteiger partial charge in [-0.3, -0.25) is 0 Å². The molecule has 0 fully saturated rings. The highest BCUT2D eigenvalue weighted by Crippen LogP contribution is 2.08. The van der Waals surface area contributed by atoms with Crippen LogP contribution < -0.4 is 5.32 Å². The molecule has 2 rings (SSSR count). The van der Waals surface area contributed by atoms with Crippen LogP contribution in [0.2, 0.25) is 0 Å². The summed E-state index contributed by atoms with van der Waals surface area (Å²) >= 11 is 0. The van der Waals surface area contributed by atoms with Crippen LogP contribution in [0, 0.1) is 0 Å².